The highest BCUT2D eigenvalue weighted by molar-refractivity contribution is 7.89. The Kier molecular flexibility index (Phi) is 6.56. The molecule has 0 saturated heterocycles. The second-order valence-electron chi connectivity index (χ2n) is 6.76. The van der Waals surface area contributed by atoms with Crippen LogP contribution in [0.5, 0.6) is 0 Å². The summed E-state index contributed by atoms with van der Waals surface area (Å²) in [6, 6.07) is 9.06. The monoisotopic (exact) mass is 327 g/mol. The van der Waals surface area contributed by atoms with Gasteiger partial charge < -0.3 is 5.11 Å². The van der Waals surface area contributed by atoms with E-state index < -0.39 is 22.0 Å². The minimum atomic E-state index is -3.45. The summed E-state index contributed by atoms with van der Waals surface area (Å²) in [5.74, 6) is -0.911. The molecule has 1 aromatic carbocycles. The zero-order valence-corrected chi connectivity index (χ0v) is 14.2. The second-order valence-corrected chi connectivity index (χ2v) is 8.51. The van der Waals surface area contributed by atoms with E-state index in [2.05, 4.69) is 4.72 Å². The third-order valence-corrected chi connectivity index (χ3v) is 4.94. The molecule has 0 aromatic heterocycles. The van der Waals surface area contributed by atoms with Crippen molar-refractivity contribution in [3.05, 3.63) is 35.9 Å². The van der Waals surface area contributed by atoms with Gasteiger partial charge in [-0.3, -0.25) is 4.79 Å². The van der Waals surface area contributed by atoms with E-state index in [1.54, 1.807) is 0 Å². The maximum atomic E-state index is 12.2. The molecule has 2 N–H and O–H groups in total. The van der Waals surface area contributed by atoms with Crippen LogP contribution in [0.4, 0.5) is 0 Å². The third kappa shape index (κ3) is 8.14. The van der Waals surface area contributed by atoms with Crippen molar-refractivity contribution in [1.82, 2.24) is 4.72 Å². The zero-order chi connectivity index (χ0) is 16.8. The van der Waals surface area contributed by atoms with Gasteiger partial charge in [-0.1, -0.05) is 51.1 Å². The van der Waals surface area contributed by atoms with Crippen molar-refractivity contribution in [3.8, 4) is 0 Å². The molecule has 0 spiro atoms. The number of sulfonamides is 1. The van der Waals surface area contributed by atoms with Gasteiger partial charge in [-0.2, -0.15) is 0 Å². The molecule has 1 atom stereocenters. The van der Waals surface area contributed by atoms with Crippen LogP contribution in [-0.2, 0) is 21.2 Å². The number of nitrogens with one attached hydrogen (secondary N) is 1. The Hall–Kier alpha value is -1.40. The van der Waals surface area contributed by atoms with Gasteiger partial charge in [-0.15, -0.1) is 0 Å². The van der Waals surface area contributed by atoms with Crippen LogP contribution >= 0.6 is 0 Å². The van der Waals surface area contributed by atoms with Gasteiger partial charge in [0.2, 0.25) is 10.0 Å². The van der Waals surface area contributed by atoms with Crippen molar-refractivity contribution >= 4 is 16.0 Å². The zero-order valence-electron chi connectivity index (χ0n) is 13.4. The van der Waals surface area contributed by atoms with Gasteiger partial charge in [-0.05, 0) is 23.8 Å². The van der Waals surface area contributed by atoms with Crippen LogP contribution in [0.25, 0.3) is 0 Å². The quantitative estimate of drug-likeness (QED) is 0.768. The summed E-state index contributed by atoms with van der Waals surface area (Å²) in [5, 5.41) is 8.84. The minimum absolute atomic E-state index is 0.0123. The van der Waals surface area contributed by atoms with Crippen molar-refractivity contribution in [2.24, 2.45) is 5.41 Å². The highest BCUT2D eigenvalue weighted by Gasteiger charge is 2.25. The minimum Gasteiger partial charge on any atom is -0.481 e. The van der Waals surface area contributed by atoms with Crippen LogP contribution in [-0.4, -0.2) is 31.3 Å². The lowest BCUT2D eigenvalue weighted by Crippen LogP contribution is -2.40. The van der Waals surface area contributed by atoms with E-state index in [0.29, 0.717) is 6.42 Å². The molecule has 0 radical (unpaired) electrons. The maximum absolute atomic E-state index is 12.2. The molecule has 1 aromatic rings. The molecule has 0 aliphatic carbocycles. The Bertz CT molecular complexity index is 576. The molecule has 6 heteroatoms. The first-order valence-corrected chi connectivity index (χ1v) is 8.98. The smallest absolute Gasteiger partial charge is 0.303 e. The van der Waals surface area contributed by atoms with Crippen LogP contribution in [0.1, 0.15) is 39.2 Å². The lowest BCUT2D eigenvalue weighted by Gasteiger charge is -2.23. The number of hydrogen-bond acceptors (Lipinski definition) is 3. The standard InChI is InChI=1S/C16H25NO4S/c1-16(2,3)12-22(20,21)17-14(9-10-15(18)19)11-13-7-5-4-6-8-13/h4-8,14,17H,9-12H2,1-3H3,(H,18,19). The van der Waals surface area contributed by atoms with E-state index in [1.165, 1.54) is 0 Å². The highest BCUT2D eigenvalue weighted by Crippen LogP contribution is 2.17. The summed E-state index contributed by atoms with van der Waals surface area (Å²) < 4.78 is 27.1. The van der Waals surface area contributed by atoms with Gasteiger partial charge in [0.1, 0.15) is 0 Å². The fraction of sp³-hybridized carbons (Fsp3) is 0.562. The van der Waals surface area contributed by atoms with Crippen LogP contribution < -0.4 is 4.72 Å². The molecule has 0 amide bonds. The molecule has 124 valence electrons. The number of aliphatic carboxylic acids is 1. The van der Waals surface area contributed by atoms with E-state index in [0.717, 1.165) is 5.56 Å². The van der Waals surface area contributed by atoms with Crippen LogP contribution in [0.2, 0.25) is 0 Å². The molecule has 1 unspecified atom stereocenters. The predicted octanol–water partition coefficient (Wildman–Crippen LogP) is 2.43. The first-order valence-electron chi connectivity index (χ1n) is 7.33. The van der Waals surface area contributed by atoms with E-state index >= 15 is 0 Å². The van der Waals surface area contributed by atoms with Gasteiger partial charge in [0.05, 0.1) is 5.75 Å². The molecular formula is C16H25NO4S. The summed E-state index contributed by atoms with van der Waals surface area (Å²) in [4.78, 5) is 10.8. The molecule has 22 heavy (non-hydrogen) atoms. The Morgan fingerprint density at radius 1 is 1.23 bits per heavy atom. The number of benzene rings is 1. The summed E-state index contributed by atoms with van der Waals surface area (Å²) >= 11 is 0. The van der Waals surface area contributed by atoms with Crippen molar-refractivity contribution < 1.29 is 18.3 Å². The fourth-order valence-electron chi connectivity index (χ4n) is 2.26. The van der Waals surface area contributed by atoms with Crippen molar-refractivity contribution in [3.63, 3.8) is 0 Å². The Morgan fingerprint density at radius 2 is 1.82 bits per heavy atom. The Morgan fingerprint density at radius 3 is 2.32 bits per heavy atom. The molecule has 0 saturated carbocycles. The fourth-order valence-corrected chi connectivity index (χ4v) is 4.20. The van der Waals surface area contributed by atoms with Crippen LogP contribution in [0, 0.1) is 5.41 Å². The Labute approximate surface area is 132 Å². The molecule has 5 nitrogen and oxygen atoms in total. The van der Waals surface area contributed by atoms with Gasteiger partial charge in [0.15, 0.2) is 0 Å². The third-order valence-electron chi connectivity index (χ3n) is 3.00. The molecule has 0 aliphatic rings. The van der Waals surface area contributed by atoms with E-state index in [9.17, 15) is 13.2 Å². The van der Waals surface area contributed by atoms with Crippen molar-refractivity contribution in [2.45, 2.75) is 46.1 Å². The highest BCUT2D eigenvalue weighted by atomic mass is 32.2. The molecule has 0 heterocycles. The first-order chi connectivity index (χ1) is 10.1. The normalized spacial score (nSPS) is 13.8. The number of carboxylic acid groups (broad SMARTS) is 1. The number of carbonyl (C=O) groups is 1. The van der Waals surface area contributed by atoms with E-state index in [4.69, 9.17) is 5.11 Å². The van der Waals surface area contributed by atoms with Crippen molar-refractivity contribution in [2.75, 3.05) is 5.75 Å². The second kappa shape index (κ2) is 7.74. The average Bonchev–Trinajstić information content (AvgIpc) is 2.33. The van der Waals surface area contributed by atoms with Crippen LogP contribution in [0.15, 0.2) is 30.3 Å². The predicted molar refractivity (Wildman–Crippen MR) is 87.2 cm³/mol. The van der Waals surface area contributed by atoms with Crippen molar-refractivity contribution in [1.29, 1.82) is 0 Å². The van der Waals surface area contributed by atoms with E-state index in [-0.39, 0.29) is 24.0 Å². The summed E-state index contributed by atoms with van der Waals surface area (Å²) in [7, 11) is -3.45. The van der Waals surface area contributed by atoms with Gasteiger partial charge in [0.25, 0.3) is 0 Å². The molecular weight excluding hydrogens is 302 g/mol. The molecule has 1 rings (SSSR count). The Balaban J connectivity index is 2.79. The number of rotatable bonds is 8. The van der Waals surface area contributed by atoms with Crippen LogP contribution in [0.3, 0.4) is 0 Å². The molecule has 0 bridgehead atoms. The summed E-state index contributed by atoms with van der Waals surface area (Å²) in [6.45, 7) is 5.57. The SMILES string of the molecule is CC(C)(C)CS(=O)(=O)NC(CCC(=O)O)Cc1ccccc1. The molecule has 0 fully saturated rings. The molecule has 0 aliphatic heterocycles. The lowest BCUT2D eigenvalue weighted by molar-refractivity contribution is -0.137. The number of hydrogen-bond donors (Lipinski definition) is 2. The first kappa shape index (κ1) is 18.6. The van der Waals surface area contributed by atoms with E-state index in [1.807, 2.05) is 51.1 Å². The average molecular weight is 327 g/mol. The summed E-state index contributed by atoms with van der Waals surface area (Å²) in [5.41, 5.74) is 0.631. The number of carboxylic acids is 1. The lowest BCUT2D eigenvalue weighted by atomic mass is 10.0. The summed E-state index contributed by atoms with van der Waals surface area (Å²) in [6.07, 6.45) is 0.695. The van der Waals surface area contributed by atoms with Gasteiger partial charge in [0, 0.05) is 12.5 Å². The maximum Gasteiger partial charge on any atom is 0.303 e. The topological polar surface area (TPSA) is 83.5 Å². The van der Waals surface area contributed by atoms with Gasteiger partial charge >= 0.3 is 5.97 Å². The largest absolute Gasteiger partial charge is 0.481 e. The van der Waals surface area contributed by atoms with Gasteiger partial charge in [-0.25, -0.2) is 13.1 Å².